The van der Waals surface area contributed by atoms with Crippen LogP contribution in [0.15, 0.2) is 36.4 Å². The van der Waals surface area contributed by atoms with Crippen molar-refractivity contribution in [2.75, 3.05) is 0 Å². The topological polar surface area (TPSA) is 23.8 Å². The van der Waals surface area contributed by atoms with Crippen LogP contribution in [0.3, 0.4) is 0 Å². The van der Waals surface area contributed by atoms with Crippen molar-refractivity contribution in [1.82, 2.24) is 0 Å². The second-order valence-electron chi connectivity index (χ2n) is 1.91. The highest BCUT2D eigenvalue weighted by Crippen LogP contribution is 1.99. The lowest BCUT2D eigenvalue weighted by Crippen LogP contribution is -1.65. The second-order valence-corrected chi connectivity index (χ2v) is 1.91. The van der Waals surface area contributed by atoms with Gasteiger partial charge >= 0.3 is 0 Å². The van der Waals surface area contributed by atoms with Crippen molar-refractivity contribution in [2.24, 2.45) is 0 Å². The molecule has 0 aliphatic heterocycles. The maximum absolute atomic E-state index is 6.50. The van der Waals surface area contributed by atoms with E-state index in [1.807, 2.05) is 31.2 Å². The maximum Gasteiger partial charge on any atom is 0.0462 e. The van der Waals surface area contributed by atoms with Crippen molar-refractivity contribution >= 4 is 6.08 Å². The lowest BCUT2D eigenvalue weighted by Gasteiger charge is -1.86. The van der Waals surface area contributed by atoms with Crippen LogP contribution in [0.4, 0.5) is 0 Å². The SMILES string of the molecule is C#N.CC=Cc1ccccc1. The third-order valence-electron chi connectivity index (χ3n) is 1.16. The number of allylic oxidation sites excluding steroid dienone is 1. The van der Waals surface area contributed by atoms with E-state index in [0.29, 0.717) is 0 Å². The zero-order valence-corrected chi connectivity index (χ0v) is 6.57. The van der Waals surface area contributed by atoms with Gasteiger partial charge in [0.1, 0.15) is 0 Å². The van der Waals surface area contributed by atoms with Gasteiger partial charge in [-0.1, -0.05) is 42.5 Å². The summed E-state index contributed by atoms with van der Waals surface area (Å²) in [5, 5.41) is 6.50. The molecule has 0 aromatic heterocycles. The molecule has 0 saturated carbocycles. The van der Waals surface area contributed by atoms with Crippen LogP contribution in [-0.2, 0) is 0 Å². The summed E-state index contributed by atoms with van der Waals surface area (Å²) in [6.07, 6.45) is 4.12. The van der Waals surface area contributed by atoms with Crippen LogP contribution in [0.5, 0.6) is 0 Å². The third kappa shape index (κ3) is 3.94. The summed E-state index contributed by atoms with van der Waals surface area (Å²) in [5.74, 6) is 0. The van der Waals surface area contributed by atoms with E-state index < -0.39 is 0 Å². The zero-order valence-electron chi connectivity index (χ0n) is 6.57. The lowest BCUT2D eigenvalue weighted by atomic mass is 10.2. The van der Waals surface area contributed by atoms with Gasteiger partial charge in [-0.25, -0.2) is 5.26 Å². The van der Waals surface area contributed by atoms with Gasteiger partial charge in [-0.15, -0.1) is 0 Å². The highest BCUT2D eigenvalue weighted by Gasteiger charge is 1.77. The molecule has 0 radical (unpaired) electrons. The van der Waals surface area contributed by atoms with E-state index in [2.05, 4.69) is 24.8 Å². The molecular weight excluding hydrogens is 134 g/mol. The summed E-state index contributed by atoms with van der Waals surface area (Å²) in [5.41, 5.74) is 1.26. The Morgan fingerprint density at radius 1 is 1.18 bits per heavy atom. The maximum atomic E-state index is 6.50. The Morgan fingerprint density at radius 3 is 2.18 bits per heavy atom. The molecule has 11 heavy (non-hydrogen) atoms. The van der Waals surface area contributed by atoms with Crippen molar-refractivity contribution in [3.05, 3.63) is 42.0 Å². The minimum absolute atomic E-state index is 1.26. The summed E-state index contributed by atoms with van der Waals surface area (Å²) < 4.78 is 0. The van der Waals surface area contributed by atoms with Gasteiger partial charge in [-0.05, 0) is 12.5 Å². The molecule has 0 N–H and O–H groups in total. The van der Waals surface area contributed by atoms with E-state index in [4.69, 9.17) is 5.26 Å². The normalized spacial score (nSPS) is 8.64. The van der Waals surface area contributed by atoms with E-state index in [1.54, 1.807) is 0 Å². The Bertz CT molecular complexity index is 221. The third-order valence-corrected chi connectivity index (χ3v) is 1.16. The van der Waals surface area contributed by atoms with E-state index in [1.165, 1.54) is 5.56 Å². The van der Waals surface area contributed by atoms with Crippen LogP contribution in [0, 0.1) is 11.8 Å². The average Bonchev–Trinajstić information content (AvgIpc) is 2.11. The van der Waals surface area contributed by atoms with Gasteiger partial charge in [0.25, 0.3) is 0 Å². The van der Waals surface area contributed by atoms with Crippen LogP contribution in [-0.4, -0.2) is 0 Å². The number of nitrogens with zero attached hydrogens (tertiary/aromatic N) is 1. The molecule has 1 aromatic carbocycles. The standard InChI is InChI=1S/C9H10.CHN/c1-2-6-9-7-4-3-5-8-9;1-2/h2-8H,1H3;1H. The summed E-state index contributed by atoms with van der Waals surface area (Å²) in [4.78, 5) is 0. The van der Waals surface area contributed by atoms with Crippen molar-refractivity contribution in [3.63, 3.8) is 0 Å². The van der Waals surface area contributed by atoms with Gasteiger partial charge in [-0.2, -0.15) is 0 Å². The zero-order chi connectivity index (χ0) is 8.53. The summed E-state index contributed by atoms with van der Waals surface area (Å²) in [6, 6.07) is 10.3. The molecule has 1 nitrogen and oxygen atoms in total. The molecule has 0 atom stereocenters. The number of hydrogen-bond acceptors (Lipinski definition) is 1. The monoisotopic (exact) mass is 145 g/mol. The Kier molecular flexibility index (Phi) is 5.64. The molecule has 1 aromatic rings. The minimum atomic E-state index is 1.26. The number of hydrogen-bond donors (Lipinski definition) is 0. The van der Waals surface area contributed by atoms with Crippen LogP contribution in [0.2, 0.25) is 0 Å². The first-order valence-electron chi connectivity index (χ1n) is 3.37. The number of nitriles is 1. The molecule has 1 rings (SSSR count). The fourth-order valence-corrected chi connectivity index (χ4v) is 0.757. The van der Waals surface area contributed by atoms with Gasteiger partial charge in [0.15, 0.2) is 0 Å². The highest BCUT2D eigenvalue weighted by atomic mass is 14.2. The van der Waals surface area contributed by atoms with Gasteiger partial charge in [0.05, 0.1) is 0 Å². The molecule has 0 spiro atoms. The van der Waals surface area contributed by atoms with E-state index in [-0.39, 0.29) is 0 Å². The first kappa shape index (κ1) is 9.45. The molecular formula is C10H11N. The summed E-state index contributed by atoms with van der Waals surface area (Å²) in [6.45, 7) is 5.52. The van der Waals surface area contributed by atoms with E-state index >= 15 is 0 Å². The van der Waals surface area contributed by atoms with Gasteiger partial charge < -0.3 is 0 Å². The first-order chi connectivity index (χ1) is 5.43. The van der Waals surface area contributed by atoms with E-state index in [9.17, 15) is 0 Å². The molecule has 0 unspecified atom stereocenters. The number of benzene rings is 1. The fraction of sp³-hybridized carbons (Fsp3) is 0.100. The molecule has 0 aliphatic rings. The fourth-order valence-electron chi connectivity index (χ4n) is 0.757. The molecule has 0 heterocycles. The Balaban J connectivity index is 0.000000461. The van der Waals surface area contributed by atoms with Crippen molar-refractivity contribution in [2.45, 2.75) is 6.92 Å². The van der Waals surface area contributed by atoms with Gasteiger partial charge in [-0.3, -0.25) is 0 Å². The smallest absolute Gasteiger partial charge is 0.0462 e. The van der Waals surface area contributed by atoms with Crippen molar-refractivity contribution < 1.29 is 0 Å². The minimum Gasteiger partial charge on any atom is -0.202 e. The van der Waals surface area contributed by atoms with Gasteiger partial charge in [0.2, 0.25) is 0 Å². The van der Waals surface area contributed by atoms with Crippen LogP contribution in [0.1, 0.15) is 12.5 Å². The van der Waals surface area contributed by atoms with Crippen LogP contribution in [0.25, 0.3) is 6.08 Å². The molecule has 1 heteroatoms. The quantitative estimate of drug-likeness (QED) is 0.596. The largest absolute Gasteiger partial charge is 0.202 e. The summed E-state index contributed by atoms with van der Waals surface area (Å²) >= 11 is 0. The first-order valence-corrected chi connectivity index (χ1v) is 3.37. The average molecular weight is 145 g/mol. The number of rotatable bonds is 1. The Hall–Kier alpha value is -1.55. The predicted octanol–water partition coefficient (Wildman–Crippen LogP) is 2.86. The molecule has 0 saturated heterocycles. The van der Waals surface area contributed by atoms with Crippen LogP contribution < -0.4 is 0 Å². The molecule has 0 fully saturated rings. The van der Waals surface area contributed by atoms with Crippen LogP contribution >= 0.6 is 0 Å². The van der Waals surface area contributed by atoms with Crippen molar-refractivity contribution in [1.29, 1.82) is 5.26 Å². The lowest BCUT2D eigenvalue weighted by molar-refractivity contribution is 1.58. The summed E-state index contributed by atoms with van der Waals surface area (Å²) in [7, 11) is 0. The Labute approximate surface area is 67.6 Å². The molecule has 0 bridgehead atoms. The Morgan fingerprint density at radius 2 is 1.73 bits per heavy atom. The van der Waals surface area contributed by atoms with Gasteiger partial charge in [0, 0.05) is 6.57 Å². The molecule has 0 aliphatic carbocycles. The van der Waals surface area contributed by atoms with E-state index in [0.717, 1.165) is 0 Å². The van der Waals surface area contributed by atoms with Crippen molar-refractivity contribution in [3.8, 4) is 6.57 Å². The second kappa shape index (κ2) is 6.57. The molecule has 56 valence electrons. The predicted molar refractivity (Wildman–Crippen MR) is 47.8 cm³/mol. The highest BCUT2D eigenvalue weighted by molar-refractivity contribution is 5.47. The molecule has 0 amide bonds.